The summed E-state index contributed by atoms with van der Waals surface area (Å²) in [5, 5.41) is 4.92. The van der Waals surface area contributed by atoms with Gasteiger partial charge in [-0.3, -0.25) is 0 Å². The first-order valence-corrected chi connectivity index (χ1v) is 7.19. The lowest BCUT2D eigenvalue weighted by Gasteiger charge is -2.21. The fourth-order valence-corrected chi connectivity index (χ4v) is 3.01. The first-order valence-electron chi connectivity index (χ1n) is 6.37. The average Bonchev–Trinajstić information content (AvgIpc) is 2.97. The Morgan fingerprint density at radius 2 is 2.25 bits per heavy atom. The quantitative estimate of drug-likeness (QED) is 0.823. The third-order valence-corrected chi connectivity index (χ3v) is 4.43. The van der Waals surface area contributed by atoms with Gasteiger partial charge in [-0.05, 0) is 31.1 Å². The second-order valence-electron chi connectivity index (χ2n) is 5.06. The van der Waals surface area contributed by atoms with E-state index in [0.29, 0.717) is 6.04 Å². The lowest BCUT2D eigenvalue weighted by molar-refractivity contribution is 0.359. The molecule has 2 rings (SSSR count). The highest BCUT2D eigenvalue weighted by Crippen LogP contribution is 2.35. The van der Waals surface area contributed by atoms with Crippen molar-refractivity contribution in [2.75, 3.05) is 0 Å². The Balaban J connectivity index is 1.85. The van der Waals surface area contributed by atoms with Gasteiger partial charge in [-0.1, -0.05) is 20.8 Å². The second-order valence-corrected chi connectivity index (χ2v) is 6.26. The van der Waals surface area contributed by atoms with Crippen LogP contribution in [0.1, 0.15) is 43.5 Å². The molecule has 1 aromatic rings. The number of hydrogen-bond acceptors (Lipinski definition) is 3. The maximum atomic E-state index is 4.45. The summed E-state index contributed by atoms with van der Waals surface area (Å²) in [6, 6.07) is 0.689. The summed E-state index contributed by atoms with van der Waals surface area (Å²) in [4.78, 5) is 5.85. The molecule has 0 aliphatic heterocycles. The third-order valence-electron chi connectivity index (χ3n) is 3.29. The predicted octanol–water partition coefficient (Wildman–Crippen LogP) is 3.23. The van der Waals surface area contributed by atoms with Crippen LogP contribution in [0, 0.1) is 11.8 Å². The van der Waals surface area contributed by atoms with E-state index in [0.717, 1.165) is 24.8 Å². The van der Waals surface area contributed by atoms with E-state index in [2.05, 4.69) is 31.1 Å². The average molecular weight is 238 g/mol. The molecule has 90 valence electrons. The Kier molecular flexibility index (Phi) is 3.98. The van der Waals surface area contributed by atoms with E-state index >= 15 is 0 Å². The molecule has 0 saturated heterocycles. The highest BCUT2D eigenvalue weighted by Gasteiger charge is 2.32. The van der Waals surface area contributed by atoms with Gasteiger partial charge in [0.15, 0.2) is 0 Å². The van der Waals surface area contributed by atoms with E-state index in [1.807, 2.05) is 17.5 Å². The number of thiazole rings is 1. The molecule has 1 aliphatic rings. The summed E-state index contributed by atoms with van der Waals surface area (Å²) < 4.78 is 0. The van der Waals surface area contributed by atoms with Gasteiger partial charge in [0.25, 0.3) is 0 Å². The van der Waals surface area contributed by atoms with Crippen molar-refractivity contribution in [2.24, 2.45) is 11.8 Å². The van der Waals surface area contributed by atoms with E-state index in [1.54, 1.807) is 0 Å². The number of hydrogen-bond donors (Lipinski definition) is 1. The fraction of sp³-hybridized carbons (Fsp3) is 0.769. The molecule has 2 nitrogen and oxygen atoms in total. The second kappa shape index (κ2) is 5.28. The minimum Gasteiger partial charge on any atom is -0.307 e. The monoisotopic (exact) mass is 238 g/mol. The Labute approximate surface area is 102 Å². The van der Waals surface area contributed by atoms with Crippen LogP contribution in [0.3, 0.4) is 0 Å². The molecule has 1 atom stereocenters. The Bertz CT molecular complexity index is 326. The van der Waals surface area contributed by atoms with Gasteiger partial charge in [0, 0.05) is 23.7 Å². The highest BCUT2D eigenvalue weighted by atomic mass is 32.1. The van der Waals surface area contributed by atoms with Crippen molar-refractivity contribution in [3.05, 3.63) is 16.1 Å². The van der Waals surface area contributed by atoms with Crippen LogP contribution in [0.25, 0.3) is 0 Å². The maximum absolute atomic E-state index is 4.45. The van der Waals surface area contributed by atoms with Crippen LogP contribution in [0.4, 0.5) is 0 Å². The van der Waals surface area contributed by atoms with Crippen LogP contribution in [-0.4, -0.2) is 11.0 Å². The summed E-state index contributed by atoms with van der Waals surface area (Å²) in [5.41, 5.74) is 0. The SMILES string of the molecule is CCc1cnc(CNC(C(C)C)C2CC2)s1. The van der Waals surface area contributed by atoms with Crippen molar-refractivity contribution in [1.29, 1.82) is 0 Å². The minimum absolute atomic E-state index is 0.689. The first-order chi connectivity index (χ1) is 7.70. The molecule has 1 aliphatic carbocycles. The molecule has 1 N–H and O–H groups in total. The molecule has 1 aromatic heterocycles. The highest BCUT2D eigenvalue weighted by molar-refractivity contribution is 7.11. The van der Waals surface area contributed by atoms with Gasteiger partial charge in [0.05, 0.1) is 0 Å². The molecular formula is C13H22N2S. The standard InChI is InChI=1S/C13H22N2S/c1-4-11-7-14-12(16-11)8-15-13(9(2)3)10-5-6-10/h7,9-10,13,15H,4-6,8H2,1-3H3. The molecule has 0 amide bonds. The molecule has 3 heteroatoms. The van der Waals surface area contributed by atoms with Crippen LogP contribution in [0.2, 0.25) is 0 Å². The summed E-state index contributed by atoms with van der Waals surface area (Å²) in [6.45, 7) is 7.76. The van der Waals surface area contributed by atoms with Crippen LogP contribution >= 0.6 is 11.3 Å². The summed E-state index contributed by atoms with van der Waals surface area (Å²) in [5.74, 6) is 1.66. The molecule has 1 unspecified atom stereocenters. The largest absolute Gasteiger partial charge is 0.307 e. The molecule has 1 heterocycles. The first kappa shape index (κ1) is 12.1. The Hall–Kier alpha value is -0.410. The lowest BCUT2D eigenvalue weighted by Crippen LogP contribution is -2.35. The van der Waals surface area contributed by atoms with Gasteiger partial charge in [-0.25, -0.2) is 4.98 Å². The zero-order valence-electron chi connectivity index (χ0n) is 10.5. The van der Waals surface area contributed by atoms with E-state index in [4.69, 9.17) is 0 Å². The number of rotatable bonds is 6. The topological polar surface area (TPSA) is 24.9 Å². The molecule has 0 bridgehead atoms. The predicted molar refractivity (Wildman–Crippen MR) is 69.7 cm³/mol. The van der Waals surface area contributed by atoms with Gasteiger partial charge in [0.2, 0.25) is 0 Å². The van der Waals surface area contributed by atoms with Crippen molar-refractivity contribution in [1.82, 2.24) is 10.3 Å². The fourth-order valence-electron chi connectivity index (χ4n) is 2.20. The summed E-state index contributed by atoms with van der Waals surface area (Å²) >= 11 is 1.85. The number of nitrogens with one attached hydrogen (secondary N) is 1. The molecule has 1 saturated carbocycles. The maximum Gasteiger partial charge on any atom is 0.107 e. The van der Waals surface area contributed by atoms with Gasteiger partial charge >= 0.3 is 0 Å². The van der Waals surface area contributed by atoms with Crippen molar-refractivity contribution in [3.8, 4) is 0 Å². The minimum atomic E-state index is 0.689. The molecular weight excluding hydrogens is 216 g/mol. The van der Waals surface area contributed by atoms with Gasteiger partial charge in [-0.15, -0.1) is 11.3 Å². The van der Waals surface area contributed by atoms with Crippen molar-refractivity contribution < 1.29 is 0 Å². The van der Waals surface area contributed by atoms with E-state index < -0.39 is 0 Å². The van der Waals surface area contributed by atoms with E-state index in [9.17, 15) is 0 Å². The van der Waals surface area contributed by atoms with Crippen LogP contribution in [0.5, 0.6) is 0 Å². The Morgan fingerprint density at radius 3 is 2.75 bits per heavy atom. The molecule has 1 fully saturated rings. The lowest BCUT2D eigenvalue weighted by atomic mass is 10.00. The molecule has 0 radical (unpaired) electrons. The van der Waals surface area contributed by atoms with Crippen molar-refractivity contribution in [3.63, 3.8) is 0 Å². The smallest absolute Gasteiger partial charge is 0.107 e. The van der Waals surface area contributed by atoms with E-state index in [1.165, 1.54) is 22.7 Å². The molecule has 0 aromatic carbocycles. The van der Waals surface area contributed by atoms with Gasteiger partial charge < -0.3 is 5.32 Å². The summed E-state index contributed by atoms with van der Waals surface area (Å²) in [7, 11) is 0. The Morgan fingerprint density at radius 1 is 1.50 bits per heavy atom. The van der Waals surface area contributed by atoms with E-state index in [-0.39, 0.29) is 0 Å². The van der Waals surface area contributed by atoms with Crippen LogP contribution in [0.15, 0.2) is 6.20 Å². The molecule has 0 spiro atoms. The van der Waals surface area contributed by atoms with Gasteiger partial charge in [-0.2, -0.15) is 0 Å². The number of nitrogens with zero attached hydrogens (tertiary/aromatic N) is 1. The summed E-state index contributed by atoms with van der Waals surface area (Å²) in [6.07, 6.45) is 5.94. The van der Waals surface area contributed by atoms with Crippen LogP contribution < -0.4 is 5.32 Å². The third kappa shape index (κ3) is 3.05. The number of aryl methyl sites for hydroxylation is 1. The van der Waals surface area contributed by atoms with Crippen LogP contribution in [-0.2, 0) is 13.0 Å². The van der Waals surface area contributed by atoms with Gasteiger partial charge in [0.1, 0.15) is 5.01 Å². The van der Waals surface area contributed by atoms with Crippen molar-refractivity contribution in [2.45, 2.75) is 52.6 Å². The zero-order valence-corrected chi connectivity index (χ0v) is 11.3. The zero-order chi connectivity index (χ0) is 11.5. The normalized spacial score (nSPS) is 18.0. The van der Waals surface area contributed by atoms with Crippen molar-refractivity contribution >= 4 is 11.3 Å². The molecule has 16 heavy (non-hydrogen) atoms. The number of aromatic nitrogens is 1.